The Balaban J connectivity index is 1.30. The monoisotopic (exact) mass is 341 g/mol. The van der Waals surface area contributed by atoms with Gasteiger partial charge in [0.15, 0.2) is 0 Å². The zero-order valence-corrected chi connectivity index (χ0v) is 14.2. The van der Waals surface area contributed by atoms with Crippen molar-refractivity contribution >= 4 is 6.03 Å². The molecule has 1 N–H and O–H groups in total. The summed E-state index contributed by atoms with van der Waals surface area (Å²) in [4.78, 5) is 22.8. The summed E-state index contributed by atoms with van der Waals surface area (Å²) in [6, 6.07) is 3.92. The third-order valence-corrected chi connectivity index (χ3v) is 5.30. The van der Waals surface area contributed by atoms with E-state index < -0.39 is 0 Å². The average Bonchev–Trinajstić information content (AvgIpc) is 3.32. The smallest absolute Gasteiger partial charge is 0.317 e. The van der Waals surface area contributed by atoms with Crippen molar-refractivity contribution in [3.63, 3.8) is 0 Å². The summed E-state index contributed by atoms with van der Waals surface area (Å²) in [5.41, 5.74) is 1.26. The Bertz CT molecular complexity index is 708. The first kappa shape index (κ1) is 16.1. The van der Waals surface area contributed by atoms with Crippen LogP contribution >= 0.6 is 0 Å². The van der Waals surface area contributed by atoms with Gasteiger partial charge < -0.3 is 15.0 Å². The van der Waals surface area contributed by atoms with Crippen LogP contribution in [-0.4, -0.2) is 51.8 Å². The van der Waals surface area contributed by atoms with Gasteiger partial charge in [0.05, 0.1) is 0 Å². The second kappa shape index (κ2) is 6.84. The Hall–Kier alpha value is -2.41. The molecule has 0 atom stereocenters. The van der Waals surface area contributed by atoms with E-state index in [0.717, 1.165) is 56.9 Å². The topological polar surface area (TPSA) is 72.3 Å². The van der Waals surface area contributed by atoms with E-state index in [1.807, 2.05) is 27.8 Å². The van der Waals surface area contributed by atoms with Crippen LogP contribution < -0.4 is 5.32 Å². The highest BCUT2D eigenvalue weighted by molar-refractivity contribution is 5.74. The normalized spacial score (nSPS) is 19.3. The molecule has 132 valence electrons. The van der Waals surface area contributed by atoms with Crippen LogP contribution in [0.3, 0.4) is 0 Å². The number of pyridine rings is 1. The van der Waals surface area contributed by atoms with Crippen LogP contribution in [0.2, 0.25) is 0 Å². The lowest BCUT2D eigenvalue weighted by molar-refractivity contribution is 0.0208. The van der Waals surface area contributed by atoms with Crippen molar-refractivity contribution in [2.75, 3.05) is 26.3 Å². The van der Waals surface area contributed by atoms with Gasteiger partial charge in [0.25, 0.3) is 0 Å². The highest BCUT2D eigenvalue weighted by Crippen LogP contribution is 2.39. The van der Waals surface area contributed by atoms with Crippen molar-refractivity contribution in [3.05, 3.63) is 42.6 Å². The van der Waals surface area contributed by atoms with Gasteiger partial charge in [-0.15, -0.1) is 0 Å². The van der Waals surface area contributed by atoms with Gasteiger partial charge in [-0.25, -0.2) is 14.8 Å². The second-order valence-corrected chi connectivity index (χ2v) is 6.94. The number of carbonyl (C=O) groups is 1. The molecule has 1 spiro atoms. The SMILES string of the molecule is O=C(NCc1ccc(-n2ccnc2)nc1)N1CCC2(CCOCC2)C1. The van der Waals surface area contributed by atoms with E-state index in [2.05, 4.69) is 15.3 Å². The van der Waals surface area contributed by atoms with E-state index in [1.165, 1.54) is 0 Å². The molecule has 0 aromatic carbocycles. The minimum atomic E-state index is 0.0158. The lowest BCUT2D eigenvalue weighted by Gasteiger charge is -2.33. The molecule has 0 aliphatic carbocycles. The lowest BCUT2D eigenvalue weighted by Crippen LogP contribution is -2.40. The summed E-state index contributed by atoms with van der Waals surface area (Å²) >= 11 is 0. The number of hydrogen-bond donors (Lipinski definition) is 1. The van der Waals surface area contributed by atoms with Crippen LogP contribution in [0.15, 0.2) is 37.1 Å². The first-order valence-corrected chi connectivity index (χ1v) is 8.78. The predicted molar refractivity (Wildman–Crippen MR) is 92.3 cm³/mol. The molecular weight excluding hydrogens is 318 g/mol. The molecule has 2 saturated heterocycles. The first-order valence-electron chi connectivity index (χ1n) is 8.78. The first-order chi connectivity index (χ1) is 12.2. The van der Waals surface area contributed by atoms with Crippen LogP contribution in [-0.2, 0) is 11.3 Å². The summed E-state index contributed by atoms with van der Waals surface area (Å²) in [6.45, 7) is 3.82. The Morgan fingerprint density at radius 3 is 2.88 bits per heavy atom. The molecule has 2 aromatic heterocycles. The van der Waals surface area contributed by atoms with Crippen LogP contribution in [0.1, 0.15) is 24.8 Å². The van der Waals surface area contributed by atoms with Gasteiger partial charge in [0.2, 0.25) is 0 Å². The summed E-state index contributed by atoms with van der Waals surface area (Å²) < 4.78 is 7.31. The van der Waals surface area contributed by atoms with Crippen molar-refractivity contribution in [3.8, 4) is 5.82 Å². The van der Waals surface area contributed by atoms with Gasteiger partial charge in [0.1, 0.15) is 12.1 Å². The van der Waals surface area contributed by atoms with Crippen LogP contribution in [0, 0.1) is 5.41 Å². The quantitative estimate of drug-likeness (QED) is 0.926. The number of hydrogen-bond acceptors (Lipinski definition) is 4. The van der Waals surface area contributed by atoms with Crippen molar-refractivity contribution in [1.82, 2.24) is 24.8 Å². The van der Waals surface area contributed by atoms with Crippen molar-refractivity contribution < 1.29 is 9.53 Å². The van der Waals surface area contributed by atoms with Crippen molar-refractivity contribution in [2.45, 2.75) is 25.8 Å². The molecule has 7 heteroatoms. The number of likely N-dealkylation sites (tertiary alicyclic amines) is 1. The van der Waals surface area contributed by atoms with E-state index >= 15 is 0 Å². The fourth-order valence-corrected chi connectivity index (χ4v) is 3.68. The van der Waals surface area contributed by atoms with E-state index in [4.69, 9.17) is 4.74 Å². The molecule has 0 saturated carbocycles. The summed E-state index contributed by atoms with van der Waals surface area (Å²) in [6.07, 6.45) is 10.3. The van der Waals surface area contributed by atoms with Crippen LogP contribution in [0.25, 0.3) is 5.82 Å². The Kier molecular flexibility index (Phi) is 4.40. The standard InChI is InChI=1S/C18H23N5O2/c24-17(22-7-3-18(13-22)4-9-25-10-5-18)21-12-15-1-2-16(20-11-15)23-8-6-19-14-23/h1-2,6,8,11,14H,3-5,7,9-10,12-13H2,(H,21,24). The number of carbonyl (C=O) groups excluding carboxylic acids is 1. The predicted octanol–water partition coefficient (Wildman–Crippen LogP) is 1.98. The molecule has 7 nitrogen and oxygen atoms in total. The zero-order valence-electron chi connectivity index (χ0n) is 14.2. The third-order valence-electron chi connectivity index (χ3n) is 5.30. The van der Waals surface area contributed by atoms with Gasteiger partial charge in [-0.3, -0.25) is 4.57 Å². The summed E-state index contributed by atoms with van der Waals surface area (Å²) in [5.74, 6) is 0.813. The largest absolute Gasteiger partial charge is 0.381 e. The number of amides is 2. The maximum absolute atomic E-state index is 12.4. The fourth-order valence-electron chi connectivity index (χ4n) is 3.68. The Morgan fingerprint density at radius 1 is 1.28 bits per heavy atom. The zero-order chi connectivity index (χ0) is 17.1. The number of rotatable bonds is 3. The summed E-state index contributed by atoms with van der Waals surface area (Å²) in [7, 11) is 0. The minimum Gasteiger partial charge on any atom is -0.381 e. The third kappa shape index (κ3) is 3.51. The Morgan fingerprint density at radius 2 is 2.16 bits per heavy atom. The van der Waals surface area contributed by atoms with Gasteiger partial charge >= 0.3 is 6.03 Å². The van der Waals surface area contributed by atoms with Crippen LogP contribution in [0.5, 0.6) is 0 Å². The highest BCUT2D eigenvalue weighted by atomic mass is 16.5. The molecular formula is C18H23N5O2. The maximum Gasteiger partial charge on any atom is 0.317 e. The molecule has 25 heavy (non-hydrogen) atoms. The average molecular weight is 341 g/mol. The Labute approximate surface area is 147 Å². The van der Waals surface area contributed by atoms with Gasteiger partial charge in [-0.2, -0.15) is 0 Å². The van der Waals surface area contributed by atoms with E-state index in [1.54, 1.807) is 18.7 Å². The molecule has 0 bridgehead atoms. The second-order valence-electron chi connectivity index (χ2n) is 6.94. The number of nitrogens with zero attached hydrogens (tertiary/aromatic N) is 4. The number of urea groups is 1. The molecule has 2 aliphatic rings. The fraction of sp³-hybridized carbons (Fsp3) is 0.500. The maximum atomic E-state index is 12.4. The molecule has 2 amide bonds. The number of ether oxygens (including phenoxy) is 1. The molecule has 2 aliphatic heterocycles. The molecule has 2 fully saturated rings. The molecule has 0 radical (unpaired) electrons. The van der Waals surface area contributed by atoms with E-state index in [-0.39, 0.29) is 11.4 Å². The number of imidazole rings is 1. The van der Waals surface area contributed by atoms with Crippen molar-refractivity contribution in [1.29, 1.82) is 0 Å². The van der Waals surface area contributed by atoms with Gasteiger partial charge in [0, 0.05) is 51.4 Å². The lowest BCUT2D eigenvalue weighted by atomic mass is 9.80. The number of aromatic nitrogens is 3. The summed E-state index contributed by atoms with van der Waals surface area (Å²) in [5, 5.41) is 3.01. The minimum absolute atomic E-state index is 0.0158. The van der Waals surface area contributed by atoms with Gasteiger partial charge in [-0.1, -0.05) is 6.07 Å². The molecule has 0 unspecified atom stereocenters. The highest BCUT2D eigenvalue weighted by Gasteiger charge is 2.40. The molecule has 4 heterocycles. The van der Waals surface area contributed by atoms with E-state index in [9.17, 15) is 4.79 Å². The van der Waals surface area contributed by atoms with Gasteiger partial charge in [-0.05, 0) is 36.3 Å². The van der Waals surface area contributed by atoms with E-state index in [0.29, 0.717) is 6.54 Å². The van der Waals surface area contributed by atoms with Crippen LogP contribution in [0.4, 0.5) is 4.79 Å². The van der Waals surface area contributed by atoms with Crippen molar-refractivity contribution in [2.24, 2.45) is 5.41 Å². The molecule has 4 rings (SSSR count). The molecule has 2 aromatic rings. The number of nitrogens with one attached hydrogen (secondary N) is 1.